The molecule has 3 aromatic rings. The van der Waals surface area contributed by atoms with Crippen LogP contribution in [0.2, 0.25) is 5.02 Å². The number of Topliss-reactive ketones (excluding diaryl/α,β-unsaturated/α-hetero) is 1. The number of aliphatic hydroxyl groups excluding tert-OH is 1. The molecule has 0 radical (unpaired) electrons. The Hall–Kier alpha value is -3.69. The number of rotatable bonds is 10. The van der Waals surface area contributed by atoms with Crippen molar-refractivity contribution in [1.29, 1.82) is 0 Å². The van der Waals surface area contributed by atoms with E-state index in [4.69, 9.17) is 30.9 Å². The van der Waals surface area contributed by atoms with Crippen molar-refractivity contribution in [3.05, 3.63) is 70.6 Å². The molecule has 0 saturated carbocycles. The van der Waals surface area contributed by atoms with Gasteiger partial charge in [0.1, 0.15) is 29.6 Å². The molecule has 0 fully saturated rings. The number of carbonyl (C=O) groups excluding carboxylic acids is 2. The van der Waals surface area contributed by atoms with Crippen LogP contribution in [0.25, 0.3) is 11.3 Å². The third-order valence-corrected chi connectivity index (χ3v) is 5.33. The maximum absolute atomic E-state index is 13.6. The monoisotopic (exact) mass is 502 g/mol. The lowest BCUT2D eigenvalue weighted by molar-refractivity contribution is 0.0863. The molecule has 0 aliphatic rings. The molecule has 2 N–H and O–H groups in total. The fourth-order valence-electron chi connectivity index (χ4n) is 3.25. The number of hydrogen-bond donors (Lipinski definition) is 2. The van der Waals surface area contributed by atoms with Crippen molar-refractivity contribution >= 4 is 23.3 Å². The first-order chi connectivity index (χ1) is 16.8. The van der Waals surface area contributed by atoms with E-state index >= 15 is 0 Å². The van der Waals surface area contributed by atoms with Crippen LogP contribution >= 0.6 is 11.6 Å². The number of ether oxygens (including phenoxy) is 3. The summed E-state index contributed by atoms with van der Waals surface area (Å²) in [5.74, 6) is -0.469. The highest BCUT2D eigenvalue weighted by molar-refractivity contribution is 6.31. The Kier molecular flexibility index (Phi) is 8.62. The van der Waals surface area contributed by atoms with Gasteiger partial charge in [-0.1, -0.05) is 11.6 Å². The Bertz CT molecular complexity index is 1240. The quantitative estimate of drug-likeness (QED) is 0.404. The maximum atomic E-state index is 13.6. The Morgan fingerprint density at radius 3 is 2.43 bits per heavy atom. The van der Waals surface area contributed by atoms with Gasteiger partial charge in [0.15, 0.2) is 11.5 Å². The van der Waals surface area contributed by atoms with Gasteiger partial charge in [0.05, 0.1) is 31.9 Å². The standard InChI is InChI=1S/C25H24ClFN2O6/c1-14(28-25(32)16-5-8-20(35-11-10-30)22(13-16)34-3)24(31)19-7-9-21(33-2)23(29-19)15-4-6-18(27)17(26)12-15/h4-9,12-14,30H,10-11H2,1-3H3,(H,28,32). The van der Waals surface area contributed by atoms with E-state index in [1.165, 1.54) is 57.5 Å². The van der Waals surface area contributed by atoms with Gasteiger partial charge in [0.25, 0.3) is 5.91 Å². The highest BCUT2D eigenvalue weighted by Gasteiger charge is 2.22. The van der Waals surface area contributed by atoms with E-state index in [0.717, 1.165) is 0 Å². The normalized spacial score (nSPS) is 11.5. The zero-order chi connectivity index (χ0) is 25.5. The van der Waals surface area contributed by atoms with Crippen molar-refractivity contribution in [2.24, 2.45) is 0 Å². The predicted octanol–water partition coefficient (Wildman–Crippen LogP) is 3.93. The van der Waals surface area contributed by atoms with Crippen LogP contribution in [0.1, 0.15) is 27.8 Å². The van der Waals surface area contributed by atoms with E-state index < -0.39 is 23.5 Å². The minimum atomic E-state index is -0.913. The molecule has 1 amide bonds. The molecule has 1 aromatic heterocycles. The molecule has 0 spiro atoms. The van der Waals surface area contributed by atoms with Gasteiger partial charge >= 0.3 is 0 Å². The molecule has 8 nitrogen and oxygen atoms in total. The highest BCUT2D eigenvalue weighted by atomic mass is 35.5. The number of ketones is 1. The van der Waals surface area contributed by atoms with E-state index in [-0.39, 0.29) is 29.5 Å². The van der Waals surface area contributed by atoms with Crippen LogP contribution in [-0.4, -0.2) is 55.3 Å². The van der Waals surface area contributed by atoms with Gasteiger partial charge in [-0.05, 0) is 55.5 Å². The fourth-order valence-corrected chi connectivity index (χ4v) is 3.43. The van der Waals surface area contributed by atoms with Crippen LogP contribution in [0, 0.1) is 5.82 Å². The maximum Gasteiger partial charge on any atom is 0.252 e. The number of halogens is 2. The van der Waals surface area contributed by atoms with Crippen LogP contribution in [0.15, 0.2) is 48.5 Å². The second-order valence-corrected chi connectivity index (χ2v) is 7.78. The van der Waals surface area contributed by atoms with E-state index in [2.05, 4.69) is 10.3 Å². The lowest BCUT2D eigenvalue weighted by atomic mass is 10.1. The van der Waals surface area contributed by atoms with Crippen LogP contribution in [0.4, 0.5) is 4.39 Å². The zero-order valence-corrected chi connectivity index (χ0v) is 20.1. The summed E-state index contributed by atoms with van der Waals surface area (Å²) in [7, 11) is 2.88. The van der Waals surface area contributed by atoms with Crippen molar-refractivity contribution in [2.45, 2.75) is 13.0 Å². The van der Waals surface area contributed by atoms with Crippen LogP contribution in [0.5, 0.6) is 17.2 Å². The first kappa shape index (κ1) is 25.9. The molecule has 3 rings (SSSR count). The molecule has 0 aliphatic carbocycles. The van der Waals surface area contributed by atoms with Gasteiger partial charge in [-0.25, -0.2) is 9.37 Å². The summed E-state index contributed by atoms with van der Waals surface area (Å²) in [6.07, 6.45) is 0. The summed E-state index contributed by atoms with van der Waals surface area (Å²) in [6, 6.07) is 10.7. The Morgan fingerprint density at radius 2 is 1.77 bits per heavy atom. The minimum absolute atomic E-state index is 0.0778. The molecule has 0 bridgehead atoms. The van der Waals surface area contributed by atoms with Crippen molar-refractivity contribution in [3.8, 4) is 28.5 Å². The molecule has 10 heteroatoms. The number of amides is 1. The summed E-state index contributed by atoms with van der Waals surface area (Å²) < 4.78 is 29.5. The summed E-state index contributed by atoms with van der Waals surface area (Å²) in [5.41, 5.74) is 1.11. The third-order valence-electron chi connectivity index (χ3n) is 5.04. The van der Waals surface area contributed by atoms with Crippen molar-refractivity contribution < 1.29 is 33.3 Å². The second-order valence-electron chi connectivity index (χ2n) is 7.37. The van der Waals surface area contributed by atoms with Crippen LogP contribution in [-0.2, 0) is 0 Å². The highest BCUT2D eigenvalue weighted by Crippen LogP contribution is 2.31. The van der Waals surface area contributed by atoms with Crippen LogP contribution in [0.3, 0.4) is 0 Å². The van der Waals surface area contributed by atoms with Gasteiger partial charge in [0.2, 0.25) is 5.78 Å². The molecular formula is C25H24ClFN2O6. The van der Waals surface area contributed by atoms with E-state index in [1.54, 1.807) is 12.1 Å². The number of nitrogens with one attached hydrogen (secondary N) is 1. The SMILES string of the molecule is COc1cc(C(=O)NC(C)C(=O)c2ccc(OC)c(-c3ccc(F)c(Cl)c3)n2)ccc1OCCO. The average Bonchev–Trinajstić information content (AvgIpc) is 2.87. The largest absolute Gasteiger partial charge is 0.494 e. The number of pyridine rings is 1. The van der Waals surface area contributed by atoms with Crippen LogP contribution < -0.4 is 19.5 Å². The predicted molar refractivity (Wildman–Crippen MR) is 128 cm³/mol. The molecule has 0 aliphatic heterocycles. The van der Waals surface area contributed by atoms with Gasteiger partial charge in [-0.2, -0.15) is 0 Å². The Labute approximate surface area is 206 Å². The topological polar surface area (TPSA) is 107 Å². The molecule has 1 unspecified atom stereocenters. The number of carbonyl (C=O) groups is 2. The summed E-state index contributed by atoms with van der Waals surface area (Å²) in [4.78, 5) is 30.2. The first-order valence-electron chi connectivity index (χ1n) is 10.6. The lowest BCUT2D eigenvalue weighted by Gasteiger charge is -2.16. The Morgan fingerprint density at radius 1 is 1.06 bits per heavy atom. The Balaban J connectivity index is 1.80. The van der Waals surface area contributed by atoms with Gasteiger partial charge < -0.3 is 24.6 Å². The smallest absolute Gasteiger partial charge is 0.252 e. The minimum Gasteiger partial charge on any atom is -0.494 e. The number of benzene rings is 2. The second kappa shape index (κ2) is 11.6. The third kappa shape index (κ3) is 6.06. The average molecular weight is 503 g/mol. The van der Waals surface area contributed by atoms with E-state index in [1.807, 2.05) is 0 Å². The summed E-state index contributed by atoms with van der Waals surface area (Å²) >= 11 is 5.90. The van der Waals surface area contributed by atoms with Gasteiger partial charge in [-0.15, -0.1) is 0 Å². The molecule has 35 heavy (non-hydrogen) atoms. The van der Waals surface area contributed by atoms with Crippen molar-refractivity contribution in [2.75, 3.05) is 27.4 Å². The summed E-state index contributed by atoms with van der Waals surface area (Å²) in [5, 5.41) is 11.5. The number of methoxy groups -OCH3 is 2. The van der Waals surface area contributed by atoms with Gasteiger partial charge in [-0.3, -0.25) is 9.59 Å². The van der Waals surface area contributed by atoms with Gasteiger partial charge in [0, 0.05) is 11.1 Å². The fraction of sp³-hybridized carbons (Fsp3) is 0.240. The van der Waals surface area contributed by atoms with Crippen molar-refractivity contribution in [1.82, 2.24) is 10.3 Å². The molecule has 2 aromatic carbocycles. The number of hydrogen-bond acceptors (Lipinski definition) is 7. The molecular weight excluding hydrogens is 479 g/mol. The number of nitrogens with zero attached hydrogens (tertiary/aromatic N) is 1. The van der Waals surface area contributed by atoms with E-state index in [0.29, 0.717) is 28.5 Å². The first-order valence-corrected chi connectivity index (χ1v) is 10.9. The van der Waals surface area contributed by atoms with E-state index in [9.17, 15) is 14.0 Å². The summed E-state index contributed by atoms with van der Waals surface area (Å²) in [6.45, 7) is 1.45. The van der Waals surface area contributed by atoms with Crippen molar-refractivity contribution in [3.63, 3.8) is 0 Å². The zero-order valence-electron chi connectivity index (χ0n) is 19.3. The molecule has 0 saturated heterocycles. The number of aliphatic hydroxyl groups is 1. The molecule has 1 heterocycles. The molecule has 184 valence electrons. The number of aromatic nitrogens is 1. The molecule has 1 atom stereocenters. The lowest BCUT2D eigenvalue weighted by Crippen LogP contribution is -2.38.